The number of aromatic nitrogens is 2. The summed E-state index contributed by atoms with van der Waals surface area (Å²) in [5.74, 6) is 0.355. The van der Waals surface area contributed by atoms with Crippen LogP contribution in [0.4, 0.5) is 5.95 Å². The van der Waals surface area contributed by atoms with Crippen LogP contribution < -0.4 is 10.9 Å². The molecule has 0 amide bonds. The number of rotatable bonds is 4. The first kappa shape index (κ1) is 13.3. The lowest BCUT2D eigenvalue weighted by atomic mass is 10.1. The van der Waals surface area contributed by atoms with Crippen LogP contribution in [-0.4, -0.2) is 21.6 Å². The van der Waals surface area contributed by atoms with Crippen LogP contribution in [0.25, 0.3) is 10.9 Å². The maximum atomic E-state index is 11.9. The lowest BCUT2D eigenvalue weighted by Crippen LogP contribution is -2.17. The number of H-pyrrole nitrogens is 1. The van der Waals surface area contributed by atoms with E-state index in [0.717, 1.165) is 5.56 Å². The molecule has 0 spiro atoms. The van der Waals surface area contributed by atoms with Gasteiger partial charge in [0, 0.05) is 6.54 Å². The van der Waals surface area contributed by atoms with Gasteiger partial charge in [-0.2, -0.15) is 0 Å². The van der Waals surface area contributed by atoms with Gasteiger partial charge in [0.05, 0.1) is 17.0 Å². The highest BCUT2D eigenvalue weighted by molar-refractivity contribution is 5.78. The number of benzene rings is 2. The van der Waals surface area contributed by atoms with Gasteiger partial charge in [0.2, 0.25) is 5.95 Å². The maximum absolute atomic E-state index is 11.9. The van der Waals surface area contributed by atoms with E-state index in [2.05, 4.69) is 15.3 Å². The molecule has 0 bridgehead atoms. The second-order valence-electron chi connectivity index (χ2n) is 4.74. The normalized spacial score (nSPS) is 12.2. The van der Waals surface area contributed by atoms with Crippen LogP contribution in [0.15, 0.2) is 59.4 Å². The molecule has 0 radical (unpaired) electrons. The fourth-order valence-corrected chi connectivity index (χ4v) is 2.16. The molecule has 5 nitrogen and oxygen atoms in total. The van der Waals surface area contributed by atoms with Crippen LogP contribution in [-0.2, 0) is 0 Å². The highest BCUT2D eigenvalue weighted by atomic mass is 16.3. The first-order chi connectivity index (χ1) is 10.2. The van der Waals surface area contributed by atoms with Crippen molar-refractivity contribution in [3.8, 4) is 0 Å². The molecule has 1 heterocycles. The Balaban J connectivity index is 1.78. The molecule has 0 aliphatic carbocycles. The monoisotopic (exact) mass is 281 g/mol. The van der Waals surface area contributed by atoms with Crippen molar-refractivity contribution in [3.05, 3.63) is 70.5 Å². The summed E-state index contributed by atoms with van der Waals surface area (Å²) in [6.45, 7) is 0.269. The summed E-state index contributed by atoms with van der Waals surface area (Å²) in [6.07, 6.45) is -0.664. The molecule has 5 heteroatoms. The molecule has 0 unspecified atom stereocenters. The Morgan fingerprint density at radius 1 is 1.10 bits per heavy atom. The molecule has 3 rings (SSSR count). The summed E-state index contributed by atoms with van der Waals surface area (Å²) < 4.78 is 0. The smallest absolute Gasteiger partial charge is 0.260 e. The zero-order valence-corrected chi connectivity index (χ0v) is 11.3. The van der Waals surface area contributed by atoms with Gasteiger partial charge in [-0.25, -0.2) is 4.98 Å². The van der Waals surface area contributed by atoms with E-state index in [0.29, 0.717) is 16.9 Å². The van der Waals surface area contributed by atoms with E-state index in [1.54, 1.807) is 18.2 Å². The number of aromatic amines is 1. The second kappa shape index (κ2) is 5.76. The van der Waals surface area contributed by atoms with E-state index in [1.165, 1.54) is 0 Å². The van der Waals surface area contributed by atoms with Gasteiger partial charge in [0.15, 0.2) is 0 Å². The van der Waals surface area contributed by atoms with Gasteiger partial charge >= 0.3 is 0 Å². The molecule has 1 atom stereocenters. The van der Waals surface area contributed by atoms with Gasteiger partial charge in [-0.1, -0.05) is 42.5 Å². The number of nitrogens with zero attached hydrogens (tertiary/aromatic N) is 1. The molecule has 0 aliphatic heterocycles. The molecule has 1 aromatic heterocycles. The summed E-state index contributed by atoms with van der Waals surface area (Å²) in [5.41, 5.74) is 1.24. The summed E-state index contributed by atoms with van der Waals surface area (Å²) in [7, 11) is 0. The number of fused-ring (bicyclic) bond motifs is 1. The minimum atomic E-state index is -0.664. The van der Waals surface area contributed by atoms with E-state index < -0.39 is 6.10 Å². The predicted molar refractivity (Wildman–Crippen MR) is 82.3 cm³/mol. The van der Waals surface area contributed by atoms with Crippen molar-refractivity contribution in [3.63, 3.8) is 0 Å². The fourth-order valence-electron chi connectivity index (χ4n) is 2.16. The molecule has 2 aromatic carbocycles. The van der Waals surface area contributed by atoms with E-state index in [4.69, 9.17) is 0 Å². The minimum Gasteiger partial charge on any atom is -0.387 e. The average molecular weight is 281 g/mol. The molecule has 21 heavy (non-hydrogen) atoms. The Bertz CT molecular complexity index is 799. The Kier molecular flexibility index (Phi) is 3.66. The van der Waals surface area contributed by atoms with Gasteiger partial charge < -0.3 is 10.4 Å². The number of hydrogen-bond acceptors (Lipinski definition) is 4. The standard InChI is InChI=1S/C16H15N3O2/c20-14(11-6-2-1-3-7-11)10-17-16-18-13-9-5-4-8-12(13)15(21)19-16/h1-9,14,20H,10H2,(H2,17,18,19,21)/t14-/m0/s1. The Hall–Kier alpha value is -2.66. The summed E-state index contributed by atoms with van der Waals surface area (Å²) >= 11 is 0. The van der Waals surface area contributed by atoms with Crippen molar-refractivity contribution in [2.75, 3.05) is 11.9 Å². The number of hydrogen-bond donors (Lipinski definition) is 3. The fraction of sp³-hybridized carbons (Fsp3) is 0.125. The molecule has 0 fully saturated rings. The van der Waals surface area contributed by atoms with E-state index >= 15 is 0 Å². The van der Waals surface area contributed by atoms with Gasteiger partial charge in [0.25, 0.3) is 5.56 Å². The van der Waals surface area contributed by atoms with Crippen molar-refractivity contribution >= 4 is 16.9 Å². The number of aliphatic hydroxyl groups is 1. The maximum Gasteiger partial charge on any atom is 0.260 e. The van der Waals surface area contributed by atoms with Crippen LogP contribution in [0, 0.1) is 0 Å². The first-order valence-electron chi connectivity index (χ1n) is 6.70. The van der Waals surface area contributed by atoms with Crippen molar-refractivity contribution in [1.29, 1.82) is 0 Å². The first-order valence-corrected chi connectivity index (χ1v) is 6.70. The van der Waals surface area contributed by atoms with Crippen LogP contribution in [0.1, 0.15) is 11.7 Å². The topological polar surface area (TPSA) is 78.0 Å². The number of nitrogens with one attached hydrogen (secondary N) is 2. The largest absolute Gasteiger partial charge is 0.387 e. The number of aliphatic hydroxyl groups excluding tert-OH is 1. The molecule has 106 valence electrons. The quantitative estimate of drug-likeness (QED) is 0.684. The second-order valence-corrected chi connectivity index (χ2v) is 4.74. The lowest BCUT2D eigenvalue weighted by Gasteiger charge is -2.12. The zero-order chi connectivity index (χ0) is 14.7. The van der Waals surface area contributed by atoms with Crippen LogP contribution in [0.5, 0.6) is 0 Å². The van der Waals surface area contributed by atoms with Gasteiger partial charge in [-0.3, -0.25) is 9.78 Å². The van der Waals surface area contributed by atoms with E-state index in [-0.39, 0.29) is 12.1 Å². The number of para-hydroxylation sites is 1. The van der Waals surface area contributed by atoms with Gasteiger partial charge in [0.1, 0.15) is 0 Å². The Morgan fingerprint density at radius 2 is 1.81 bits per heavy atom. The number of anilines is 1. The average Bonchev–Trinajstić information content (AvgIpc) is 2.53. The molecular formula is C16H15N3O2. The van der Waals surface area contributed by atoms with Crippen molar-refractivity contribution in [2.45, 2.75) is 6.10 Å². The summed E-state index contributed by atoms with van der Waals surface area (Å²) in [6, 6.07) is 16.5. The Morgan fingerprint density at radius 3 is 2.62 bits per heavy atom. The van der Waals surface area contributed by atoms with Crippen molar-refractivity contribution in [1.82, 2.24) is 9.97 Å². The summed E-state index contributed by atoms with van der Waals surface area (Å²) in [5, 5.41) is 13.6. The predicted octanol–water partition coefficient (Wildman–Crippen LogP) is 2.07. The molecular weight excluding hydrogens is 266 g/mol. The third-order valence-electron chi connectivity index (χ3n) is 3.26. The van der Waals surface area contributed by atoms with Crippen LogP contribution in [0.2, 0.25) is 0 Å². The third kappa shape index (κ3) is 2.93. The minimum absolute atomic E-state index is 0.197. The molecule has 3 N–H and O–H groups in total. The van der Waals surface area contributed by atoms with Gasteiger partial charge in [-0.05, 0) is 17.7 Å². The lowest BCUT2D eigenvalue weighted by molar-refractivity contribution is 0.191. The zero-order valence-electron chi connectivity index (χ0n) is 11.3. The van der Waals surface area contributed by atoms with E-state index in [9.17, 15) is 9.90 Å². The highest BCUT2D eigenvalue weighted by Gasteiger charge is 2.08. The van der Waals surface area contributed by atoms with Crippen molar-refractivity contribution in [2.24, 2.45) is 0 Å². The molecule has 0 aliphatic rings. The van der Waals surface area contributed by atoms with Crippen LogP contribution in [0.3, 0.4) is 0 Å². The SMILES string of the molecule is O=c1[nH]c(NC[C@H](O)c2ccccc2)nc2ccccc12. The molecule has 0 saturated carbocycles. The summed E-state index contributed by atoms with van der Waals surface area (Å²) in [4.78, 5) is 18.9. The van der Waals surface area contributed by atoms with Gasteiger partial charge in [-0.15, -0.1) is 0 Å². The molecule has 3 aromatic rings. The van der Waals surface area contributed by atoms with Crippen molar-refractivity contribution < 1.29 is 5.11 Å². The molecule has 0 saturated heterocycles. The Labute approximate surface area is 121 Å². The highest BCUT2D eigenvalue weighted by Crippen LogP contribution is 2.13. The third-order valence-corrected chi connectivity index (χ3v) is 3.26. The van der Waals surface area contributed by atoms with Crippen LogP contribution >= 0.6 is 0 Å². The van der Waals surface area contributed by atoms with E-state index in [1.807, 2.05) is 36.4 Å².